The number of hydrogen-bond donors (Lipinski definition) is 4. The lowest BCUT2D eigenvalue weighted by Gasteiger charge is -2.23. The third-order valence-electron chi connectivity index (χ3n) is 6.88. The van der Waals surface area contributed by atoms with Gasteiger partial charge in [0.25, 0.3) is 0 Å². The number of fused-ring (bicyclic) bond motifs is 1. The quantitative estimate of drug-likeness (QED) is 0.407. The molecule has 3 heterocycles. The molecule has 10 heteroatoms. The normalized spacial score (nSPS) is 29.2. The second kappa shape index (κ2) is 9.55. The van der Waals surface area contributed by atoms with E-state index in [1.54, 1.807) is 4.57 Å². The van der Waals surface area contributed by atoms with Crippen LogP contribution in [0.1, 0.15) is 42.2 Å². The number of benzene rings is 1. The van der Waals surface area contributed by atoms with E-state index in [-0.39, 0.29) is 12.1 Å². The largest absolute Gasteiger partial charge is 0.394 e. The summed E-state index contributed by atoms with van der Waals surface area (Å²) in [6, 6.07) is 6.49. The summed E-state index contributed by atoms with van der Waals surface area (Å²) in [6.45, 7) is 4.36. The number of aliphatic hydroxyl groups is 3. The molecule has 34 heavy (non-hydrogen) atoms. The van der Waals surface area contributed by atoms with Crippen molar-refractivity contribution in [3.63, 3.8) is 0 Å². The van der Waals surface area contributed by atoms with Gasteiger partial charge in [0, 0.05) is 0 Å². The molecule has 1 saturated carbocycles. The predicted octanol–water partition coefficient (Wildman–Crippen LogP) is 1.60. The van der Waals surface area contributed by atoms with Crippen molar-refractivity contribution in [3.8, 4) is 0 Å². The first kappa shape index (κ1) is 23.1. The first-order chi connectivity index (χ1) is 16.5. The average molecular weight is 470 g/mol. The van der Waals surface area contributed by atoms with E-state index in [1.807, 2.05) is 0 Å². The number of ether oxygens (including phenoxy) is 2. The summed E-state index contributed by atoms with van der Waals surface area (Å²) in [4.78, 5) is 13.2. The Balaban J connectivity index is 1.32. The summed E-state index contributed by atoms with van der Waals surface area (Å²) in [7, 11) is 0. The first-order valence-electron chi connectivity index (χ1n) is 11.7. The molecule has 0 bridgehead atoms. The maximum absolute atomic E-state index is 10.4. The Morgan fingerprint density at radius 3 is 2.79 bits per heavy atom. The Labute approximate surface area is 197 Å². The molecule has 1 aliphatic carbocycles. The monoisotopic (exact) mass is 469 g/mol. The summed E-state index contributed by atoms with van der Waals surface area (Å²) in [5.74, 6) is 0.586. The fraction of sp³-hybridized carbons (Fsp3) is 0.542. The minimum absolute atomic E-state index is 0.0486. The highest BCUT2D eigenvalue weighted by atomic mass is 16.6. The fourth-order valence-electron chi connectivity index (χ4n) is 4.87. The van der Waals surface area contributed by atoms with Crippen LogP contribution in [0.5, 0.6) is 0 Å². The van der Waals surface area contributed by atoms with Gasteiger partial charge < -0.3 is 30.1 Å². The number of nitrogens with zero attached hydrogens (tertiary/aromatic N) is 4. The van der Waals surface area contributed by atoms with Gasteiger partial charge in [0.05, 0.1) is 31.7 Å². The summed E-state index contributed by atoms with van der Waals surface area (Å²) < 4.78 is 13.5. The van der Waals surface area contributed by atoms with Crippen LogP contribution in [-0.4, -0.2) is 71.9 Å². The molecular weight excluding hydrogens is 438 g/mol. The van der Waals surface area contributed by atoms with Crippen LogP contribution in [0.3, 0.4) is 0 Å². The third-order valence-corrected chi connectivity index (χ3v) is 6.88. The Morgan fingerprint density at radius 1 is 1.15 bits per heavy atom. The zero-order valence-electron chi connectivity index (χ0n) is 19.3. The first-order valence-corrected chi connectivity index (χ1v) is 11.7. The van der Waals surface area contributed by atoms with Crippen molar-refractivity contribution in [2.45, 2.75) is 76.4 Å². The van der Waals surface area contributed by atoms with Gasteiger partial charge in [0.15, 0.2) is 23.2 Å². The summed E-state index contributed by atoms with van der Waals surface area (Å²) in [5.41, 5.74) is 4.66. The number of anilines is 1. The summed E-state index contributed by atoms with van der Waals surface area (Å²) in [6.07, 6.45) is 1.79. The molecule has 0 amide bonds. The molecule has 1 aliphatic heterocycles. The lowest BCUT2D eigenvalue weighted by molar-refractivity contribution is -0.0511. The highest BCUT2D eigenvalue weighted by Gasteiger charge is 2.44. The van der Waals surface area contributed by atoms with Gasteiger partial charge in [-0.15, -0.1) is 0 Å². The van der Waals surface area contributed by atoms with Crippen molar-refractivity contribution < 1.29 is 24.8 Å². The minimum atomic E-state index is -1.21. The van der Waals surface area contributed by atoms with Crippen LogP contribution >= 0.6 is 0 Å². The molecule has 0 spiro atoms. The zero-order valence-corrected chi connectivity index (χ0v) is 19.3. The van der Waals surface area contributed by atoms with Crippen molar-refractivity contribution in [1.82, 2.24) is 19.5 Å². The number of nitrogens with one attached hydrogen (secondary N) is 1. The van der Waals surface area contributed by atoms with E-state index in [0.717, 1.165) is 19.3 Å². The summed E-state index contributed by atoms with van der Waals surface area (Å²) in [5, 5.41) is 33.4. The van der Waals surface area contributed by atoms with Gasteiger partial charge in [-0.2, -0.15) is 0 Å². The topological polar surface area (TPSA) is 135 Å². The van der Waals surface area contributed by atoms with E-state index in [4.69, 9.17) is 9.47 Å². The van der Waals surface area contributed by atoms with Crippen molar-refractivity contribution >= 4 is 17.0 Å². The van der Waals surface area contributed by atoms with Crippen molar-refractivity contribution in [2.24, 2.45) is 0 Å². The van der Waals surface area contributed by atoms with E-state index in [0.29, 0.717) is 23.6 Å². The highest BCUT2D eigenvalue weighted by Crippen LogP contribution is 2.33. The van der Waals surface area contributed by atoms with E-state index >= 15 is 0 Å². The summed E-state index contributed by atoms with van der Waals surface area (Å²) >= 11 is 0. The molecule has 2 fully saturated rings. The van der Waals surface area contributed by atoms with E-state index in [1.165, 1.54) is 29.3 Å². The second-order valence-electron chi connectivity index (χ2n) is 9.24. The van der Waals surface area contributed by atoms with E-state index < -0.39 is 31.1 Å². The van der Waals surface area contributed by atoms with E-state index in [9.17, 15) is 15.3 Å². The maximum atomic E-state index is 10.4. The van der Waals surface area contributed by atoms with E-state index in [2.05, 4.69) is 52.3 Å². The van der Waals surface area contributed by atoms with Gasteiger partial charge in [-0.1, -0.05) is 23.8 Å². The molecule has 182 valence electrons. The standard InChI is InChI=1S/C24H31N5O5/c1-13-6-7-14(2)15(8-13)10-33-17-5-3-4-16(17)28-22-19-23(26-11-25-22)29(12-27-19)24-21(32)20(31)18(9-30)34-24/h6-8,11-12,16-18,20-21,24,30-32H,3-5,9-10H2,1-2H3,(H,25,26,28)/t16-,17-,18-,20-,21-,24-/m1/s1. The smallest absolute Gasteiger partial charge is 0.167 e. The van der Waals surface area contributed by atoms with Crippen molar-refractivity contribution in [1.29, 1.82) is 0 Å². The molecule has 1 aromatic carbocycles. The molecule has 3 aromatic rings. The average Bonchev–Trinajstić information content (AvgIpc) is 3.53. The lowest BCUT2D eigenvalue weighted by Crippen LogP contribution is -2.33. The Hall–Kier alpha value is -2.63. The number of hydrogen-bond acceptors (Lipinski definition) is 9. The Morgan fingerprint density at radius 2 is 2.00 bits per heavy atom. The third kappa shape index (κ3) is 4.27. The van der Waals surface area contributed by atoms with Gasteiger partial charge in [-0.3, -0.25) is 4.57 Å². The minimum Gasteiger partial charge on any atom is -0.394 e. The van der Waals surface area contributed by atoms with Crippen LogP contribution in [0.2, 0.25) is 0 Å². The lowest BCUT2D eigenvalue weighted by atomic mass is 10.1. The molecule has 1 saturated heterocycles. The maximum Gasteiger partial charge on any atom is 0.167 e. The van der Waals surface area contributed by atoms with Crippen LogP contribution < -0.4 is 5.32 Å². The molecule has 5 rings (SSSR count). The van der Waals surface area contributed by atoms with Gasteiger partial charge in [0.1, 0.15) is 24.6 Å². The SMILES string of the molecule is Cc1ccc(C)c(CO[C@@H]2CCC[C@H]2Nc2ncnc3c2ncn3[C@@H]2O[C@H](CO)[C@@H](O)[C@H]2O)c1. The van der Waals surface area contributed by atoms with Crippen molar-refractivity contribution in [3.05, 3.63) is 47.5 Å². The predicted molar refractivity (Wildman–Crippen MR) is 124 cm³/mol. The molecular formula is C24H31N5O5. The van der Waals surface area contributed by atoms with Crippen LogP contribution in [0.25, 0.3) is 11.2 Å². The van der Waals surface area contributed by atoms with Crippen LogP contribution in [0.4, 0.5) is 5.82 Å². The molecule has 6 atom stereocenters. The molecule has 10 nitrogen and oxygen atoms in total. The van der Waals surface area contributed by atoms with Gasteiger partial charge in [-0.25, -0.2) is 15.0 Å². The Bertz CT molecular complexity index is 1150. The molecule has 2 aliphatic rings. The Kier molecular flexibility index (Phi) is 6.50. The van der Waals surface area contributed by atoms with Crippen LogP contribution in [-0.2, 0) is 16.1 Å². The highest BCUT2D eigenvalue weighted by molar-refractivity contribution is 5.82. The molecule has 0 radical (unpaired) electrons. The fourth-order valence-corrected chi connectivity index (χ4v) is 4.87. The van der Waals surface area contributed by atoms with Crippen molar-refractivity contribution in [2.75, 3.05) is 11.9 Å². The number of imidazole rings is 1. The number of aliphatic hydroxyl groups excluding tert-OH is 3. The van der Waals surface area contributed by atoms with Crippen LogP contribution in [0, 0.1) is 13.8 Å². The zero-order chi connectivity index (χ0) is 23.8. The van der Waals surface area contributed by atoms with Gasteiger partial charge in [0.2, 0.25) is 0 Å². The number of aromatic nitrogens is 4. The number of aryl methyl sites for hydroxylation is 2. The second-order valence-corrected chi connectivity index (χ2v) is 9.24. The molecule has 0 unspecified atom stereocenters. The van der Waals surface area contributed by atoms with Crippen LogP contribution in [0.15, 0.2) is 30.9 Å². The molecule has 4 N–H and O–H groups in total. The number of rotatable bonds is 7. The van der Waals surface area contributed by atoms with Gasteiger partial charge in [-0.05, 0) is 44.2 Å². The molecule has 2 aromatic heterocycles. The van der Waals surface area contributed by atoms with Gasteiger partial charge >= 0.3 is 0 Å².